The molecular weight excluding hydrogens is 515 g/mol. The van der Waals surface area contributed by atoms with Gasteiger partial charge in [0.1, 0.15) is 11.9 Å². The summed E-state index contributed by atoms with van der Waals surface area (Å²) in [6, 6.07) is 1.53. The summed E-state index contributed by atoms with van der Waals surface area (Å²) in [5.74, 6) is -0.826. The van der Waals surface area contributed by atoms with Gasteiger partial charge in [0.2, 0.25) is 5.91 Å². The summed E-state index contributed by atoms with van der Waals surface area (Å²) in [5, 5.41) is 3.89. The number of imidazole rings is 1. The maximum absolute atomic E-state index is 14.9. The molecule has 0 saturated heterocycles. The lowest BCUT2D eigenvalue weighted by atomic mass is 9.84. The Labute approximate surface area is 220 Å². The Morgan fingerprint density at radius 2 is 2.05 bits per heavy atom. The Kier molecular flexibility index (Phi) is 7.29. The van der Waals surface area contributed by atoms with Gasteiger partial charge in [-0.05, 0) is 43.2 Å². The van der Waals surface area contributed by atoms with Crippen LogP contribution in [0.15, 0.2) is 50.4 Å². The molecular formula is C25H27FN6O3S2. The number of halogens is 1. The molecule has 1 amide bonds. The van der Waals surface area contributed by atoms with E-state index < -0.39 is 29.0 Å². The fourth-order valence-electron chi connectivity index (χ4n) is 4.81. The molecule has 5 rings (SSSR count). The first-order chi connectivity index (χ1) is 17.8. The molecule has 194 valence electrons. The van der Waals surface area contributed by atoms with Crippen LogP contribution in [0.3, 0.4) is 0 Å². The third kappa shape index (κ3) is 5.40. The first kappa shape index (κ1) is 25.4. The second-order valence-electron chi connectivity index (χ2n) is 9.38. The first-order valence-electron chi connectivity index (χ1n) is 12.2. The van der Waals surface area contributed by atoms with Crippen LogP contribution in [-0.4, -0.2) is 30.0 Å². The highest BCUT2D eigenvalue weighted by atomic mass is 32.2. The summed E-state index contributed by atoms with van der Waals surface area (Å²) >= 11 is 2.40. The van der Waals surface area contributed by atoms with Crippen molar-refractivity contribution in [2.24, 2.45) is 13.0 Å². The largest absolute Gasteiger partial charge is 0.329 e. The monoisotopic (exact) mass is 542 g/mol. The van der Waals surface area contributed by atoms with Crippen LogP contribution in [0.2, 0.25) is 0 Å². The number of hydrogen-bond donors (Lipinski definition) is 2. The van der Waals surface area contributed by atoms with Crippen molar-refractivity contribution in [1.82, 2.24) is 24.1 Å². The van der Waals surface area contributed by atoms with Crippen molar-refractivity contribution in [3.8, 4) is 0 Å². The Hall–Kier alpha value is -3.25. The van der Waals surface area contributed by atoms with E-state index in [-0.39, 0.29) is 21.7 Å². The molecule has 1 unspecified atom stereocenters. The number of fused-ring (bicyclic) bond motifs is 1. The summed E-state index contributed by atoms with van der Waals surface area (Å²) in [6.45, 7) is 1.88. The van der Waals surface area contributed by atoms with E-state index in [1.54, 1.807) is 30.2 Å². The molecule has 1 aromatic carbocycles. The molecule has 1 saturated carbocycles. The summed E-state index contributed by atoms with van der Waals surface area (Å²) < 4.78 is 17.6. The molecule has 12 heteroatoms. The number of aromatic nitrogens is 5. The molecule has 0 radical (unpaired) electrons. The van der Waals surface area contributed by atoms with Gasteiger partial charge in [0.15, 0.2) is 10.3 Å². The number of aryl methyl sites for hydroxylation is 2. The molecule has 0 aliphatic heterocycles. The van der Waals surface area contributed by atoms with Gasteiger partial charge < -0.3 is 14.9 Å². The van der Waals surface area contributed by atoms with E-state index in [0.717, 1.165) is 59.4 Å². The second kappa shape index (κ2) is 10.6. The van der Waals surface area contributed by atoms with Crippen molar-refractivity contribution in [2.45, 2.75) is 61.5 Å². The molecule has 1 aliphatic carbocycles. The molecule has 37 heavy (non-hydrogen) atoms. The van der Waals surface area contributed by atoms with E-state index in [0.29, 0.717) is 16.7 Å². The SMILES string of the molecule is Cc1cnc(NC(=O)C(CC2CCCCC2)n2c(=O)[nH]c3cc(F)c(Sc4nccn4C)cc3c2=O)s1. The van der Waals surface area contributed by atoms with E-state index >= 15 is 0 Å². The van der Waals surface area contributed by atoms with E-state index in [9.17, 15) is 18.8 Å². The fraction of sp³-hybridized carbons (Fsp3) is 0.400. The highest BCUT2D eigenvalue weighted by Crippen LogP contribution is 2.32. The van der Waals surface area contributed by atoms with E-state index in [4.69, 9.17) is 0 Å². The topological polar surface area (TPSA) is 115 Å². The molecule has 0 spiro atoms. The molecule has 9 nitrogen and oxygen atoms in total. The Bertz CT molecular complexity index is 1570. The van der Waals surface area contributed by atoms with Gasteiger partial charge in [-0.3, -0.25) is 9.59 Å². The van der Waals surface area contributed by atoms with Crippen LogP contribution in [0.4, 0.5) is 9.52 Å². The van der Waals surface area contributed by atoms with Crippen LogP contribution in [0.25, 0.3) is 10.9 Å². The lowest BCUT2D eigenvalue weighted by molar-refractivity contribution is -0.120. The lowest BCUT2D eigenvalue weighted by Gasteiger charge is -2.26. The van der Waals surface area contributed by atoms with Crippen molar-refractivity contribution >= 4 is 45.0 Å². The zero-order chi connectivity index (χ0) is 26.1. The highest BCUT2D eigenvalue weighted by molar-refractivity contribution is 7.99. The zero-order valence-corrected chi connectivity index (χ0v) is 22.1. The van der Waals surface area contributed by atoms with Gasteiger partial charge in [-0.1, -0.05) is 32.1 Å². The number of amides is 1. The summed E-state index contributed by atoms with van der Waals surface area (Å²) in [4.78, 5) is 52.5. The number of carbonyl (C=O) groups excluding carboxylic acids is 1. The Morgan fingerprint density at radius 3 is 2.73 bits per heavy atom. The van der Waals surface area contributed by atoms with Crippen LogP contribution in [0.5, 0.6) is 0 Å². The second-order valence-corrected chi connectivity index (χ2v) is 11.6. The average molecular weight is 543 g/mol. The quantitative estimate of drug-likeness (QED) is 0.352. The van der Waals surface area contributed by atoms with E-state index in [2.05, 4.69) is 20.3 Å². The third-order valence-corrected chi connectivity index (χ3v) is 8.64. The lowest BCUT2D eigenvalue weighted by Crippen LogP contribution is -2.43. The minimum atomic E-state index is -1.02. The molecule has 1 fully saturated rings. The summed E-state index contributed by atoms with van der Waals surface area (Å²) in [5.41, 5.74) is -1.29. The Balaban J connectivity index is 1.57. The van der Waals surface area contributed by atoms with Gasteiger partial charge in [0.05, 0.1) is 15.8 Å². The van der Waals surface area contributed by atoms with Crippen LogP contribution < -0.4 is 16.6 Å². The highest BCUT2D eigenvalue weighted by Gasteiger charge is 2.30. The van der Waals surface area contributed by atoms with E-state index in [1.807, 2.05) is 6.92 Å². The van der Waals surface area contributed by atoms with Gasteiger partial charge in [-0.2, -0.15) is 0 Å². The molecule has 4 aromatic rings. The number of benzene rings is 1. The summed E-state index contributed by atoms with van der Waals surface area (Å²) in [7, 11) is 1.79. The Morgan fingerprint density at radius 1 is 1.27 bits per heavy atom. The predicted molar refractivity (Wildman–Crippen MR) is 142 cm³/mol. The number of carbonyl (C=O) groups is 1. The number of hydrogen-bond acceptors (Lipinski definition) is 7. The van der Waals surface area contributed by atoms with Crippen LogP contribution >= 0.6 is 23.1 Å². The molecule has 0 bridgehead atoms. The maximum Gasteiger partial charge on any atom is 0.329 e. The van der Waals surface area contributed by atoms with Gasteiger partial charge in [0.25, 0.3) is 5.56 Å². The molecule has 2 N–H and O–H groups in total. The van der Waals surface area contributed by atoms with Crippen molar-refractivity contribution in [1.29, 1.82) is 0 Å². The fourth-order valence-corrected chi connectivity index (χ4v) is 6.33. The van der Waals surface area contributed by atoms with Crippen LogP contribution in [-0.2, 0) is 11.8 Å². The van der Waals surface area contributed by atoms with E-state index in [1.165, 1.54) is 17.4 Å². The summed E-state index contributed by atoms with van der Waals surface area (Å²) in [6.07, 6.45) is 10.5. The van der Waals surface area contributed by atoms with Gasteiger partial charge >= 0.3 is 5.69 Å². The van der Waals surface area contributed by atoms with Crippen molar-refractivity contribution in [3.05, 3.63) is 62.3 Å². The van der Waals surface area contributed by atoms with Gasteiger partial charge in [-0.25, -0.2) is 23.7 Å². The maximum atomic E-state index is 14.9. The van der Waals surface area contributed by atoms with Crippen LogP contribution in [0, 0.1) is 18.7 Å². The third-order valence-electron chi connectivity index (χ3n) is 6.71. The van der Waals surface area contributed by atoms with Crippen molar-refractivity contribution in [2.75, 3.05) is 5.32 Å². The predicted octanol–water partition coefficient (Wildman–Crippen LogP) is 4.63. The minimum Gasteiger partial charge on any atom is -0.329 e. The molecule has 1 atom stereocenters. The number of anilines is 1. The standard InChI is InChI=1S/C25H27FN6O3S2/c1-14-13-28-23(36-14)30-21(33)19(10-15-6-4-3-5-7-15)32-22(34)16-11-20(37-25-27-8-9-31(25)2)17(26)12-18(16)29-24(32)35/h8-9,11-13,15,19H,3-7,10H2,1-2H3,(H,29,35)(H,28,30,33). The normalized spacial score (nSPS) is 15.2. The van der Waals surface area contributed by atoms with Gasteiger partial charge in [0, 0.05) is 30.5 Å². The smallest absolute Gasteiger partial charge is 0.329 e. The average Bonchev–Trinajstić information content (AvgIpc) is 3.47. The number of nitrogens with one attached hydrogen (secondary N) is 2. The molecule has 3 aromatic heterocycles. The number of H-pyrrole nitrogens is 1. The van der Waals surface area contributed by atoms with Crippen LogP contribution in [0.1, 0.15) is 49.4 Å². The number of nitrogens with zero attached hydrogens (tertiary/aromatic N) is 4. The number of thiazole rings is 1. The molecule has 1 aliphatic rings. The minimum absolute atomic E-state index is 0.0836. The molecule has 3 heterocycles. The number of aromatic amines is 1. The number of rotatable bonds is 7. The zero-order valence-electron chi connectivity index (χ0n) is 20.5. The van der Waals surface area contributed by atoms with Crippen molar-refractivity contribution in [3.63, 3.8) is 0 Å². The van der Waals surface area contributed by atoms with Gasteiger partial charge in [-0.15, -0.1) is 11.3 Å². The first-order valence-corrected chi connectivity index (χ1v) is 13.8. The van der Waals surface area contributed by atoms with Crippen molar-refractivity contribution < 1.29 is 9.18 Å².